The van der Waals surface area contributed by atoms with E-state index in [-0.39, 0.29) is 10.7 Å². The zero-order valence-electron chi connectivity index (χ0n) is 11.5. The van der Waals surface area contributed by atoms with Crippen molar-refractivity contribution in [2.24, 2.45) is 0 Å². The molecule has 4 heteroatoms. The fraction of sp³-hybridized carbons (Fsp3) is 0.312. The highest BCUT2D eigenvalue weighted by atomic mass is 79.9. The highest BCUT2D eigenvalue weighted by Crippen LogP contribution is 2.38. The zero-order chi connectivity index (χ0) is 14.3. The smallest absolute Gasteiger partial charge is 0.227 e. The van der Waals surface area contributed by atoms with Crippen molar-refractivity contribution in [3.63, 3.8) is 0 Å². The number of rotatable bonds is 2. The van der Waals surface area contributed by atoms with Gasteiger partial charge in [0.2, 0.25) is 5.91 Å². The van der Waals surface area contributed by atoms with E-state index >= 15 is 0 Å². The van der Waals surface area contributed by atoms with E-state index in [1.807, 2.05) is 7.05 Å². The lowest BCUT2D eigenvalue weighted by Crippen LogP contribution is -2.31. The average Bonchev–Trinajstić information content (AvgIpc) is 2.88. The van der Waals surface area contributed by atoms with Crippen molar-refractivity contribution in [3.8, 4) is 0 Å². The zero-order valence-corrected chi connectivity index (χ0v) is 13.9. The first-order valence-corrected chi connectivity index (χ1v) is 8.45. The normalized spacial score (nSPS) is 16.1. The predicted molar refractivity (Wildman–Crippen MR) is 88.0 cm³/mol. The Morgan fingerprint density at radius 2 is 2.10 bits per heavy atom. The van der Waals surface area contributed by atoms with Crippen molar-refractivity contribution in [3.05, 3.63) is 51.2 Å². The van der Waals surface area contributed by atoms with Crippen LogP contribution in [-0.2, 0) is 11.2 Å². The van der Waals surface area contributed by atoms with Crippen LogP contribution in [0.3, 0.4) is 0 Å². The molecule has 0 spiro atoms. The van der Waals surface area contributed by atoms with Gasteiger partial charge in [0.15, 0.2) is 0 Å². The third kappa shape index (κ3) is 2.31. The van der Waals surface area contributed by atoms with Crippen molar-refractivity contribution in [1.29, 1.82) is 0 Å². The quantitative estimate of drug-likeness (QED) is 0.733. The summed E-state index contributed by atoms with van der Waals surface area (Å²) in [6.07, 6.45) is 1.45. The number of anilines is 1. The highest BCUT2D eigenvalue weighted by Gasteiger charge is 2.22. The van der Waals surface area contributed by atoms with Gasteiger partial charge in [0.05, 0.1) is 4.83 Å². The van der Waals surface area contributed by atoms with Crippen molar-refractivity contribution in [2.45, 2.75) is 24.6 Å². The summed E-state index contributed by atoms with van der Waals surface area (Å²) in [5.74, 6) is 0.203. The molecule has 0 N–H and O–H groups in total. The number of hydrogen-bond acceptors (Lipinski definition) is 2. The van der Waals surface area contributed by atoms with Crippen molar-refractivity contribution in [1.82, 2.24) is 0 Å². The Morgan fingerprint density at radius 3 is 2.80 bits per heavy atom. The molecule has 0 saturated carbocycles. The minimum atomic E-state index is 0.203. The Labute approximate surface area is 131 Å². The Hall–Kier alpha value is -1.13. The molecule has 20 heavy (non-hydrogen) atoms. The van der Waals surface area contributed by atoms with E-state index in [9.17, 15) is 4.79 Å². The van der Waals surface area contributed by atoms with E-state index in [4.69, 9.17) is 0 Å². The molecule has 1 atom stereocenters. The number of nitrogens with zero attached hydrogens (tertiary/aromatic N) is 1. The maximum Gasteiger partial charge on any atom is 0.227 e. The molecule has 1 aromatic heterocycles. The molecular formula is C16H16BrNOS. The Morgan fingerprint density at radius 1 is 1.30 bits per heavy atom. The van der Waals surface area contributed by atoms with E-state index in [0.717, 1.165) is 12.1 Å². The first-order valence-electron chi connectivity index (χ1n) is 6.65. The monoisotopic (exact) mass is 349 g/mol. The van der Waals surface area contributed by atoms with Crippen LogP contribution < -0.4 is 4.90 Å². The second-order valence-corrected chi connectivity index (χ2v) is 7.03. The summed E-state index contributed by atoms with van der Waals surface area (Å²) in [7, 11) is 1.86. The predicted octanol–water partition coefficient (Wildman–Crippen LogP) is 4.45. The van der Waals surface area contributed by atoms with Gasteiger partial charge >= 0.3 is 0 Å². The lowest BCUT2D eigenvalue weighted by molar-refractivity contribution is -0.118. The lowest BCUT2D eigenvalue weighted by Gasteiger charge is -2.26. The van der Waals surface area contributed by atoms with Gasteiger partial charge in [0.25, 0.3) is 0 Å². The molecule has 1 aliphatic heterocycles. The van der Waals surface area contributed by atoms with Crippen molar-refractivity contribution in [2.75, 3.05) is 11.9 Å². The molecule has 1 unspecified atom stereocenters. The van der Waals surface area contributed by atoms with E-state index < -0.39 is 0 Å². The molecule has 1 aromatic carbocycles. The van der Waals surface area contributed by atoms with E-state index in [1.165, 1.54) is 21.6 Å². The van der Waals surface area contributed by atoms with Crippen LogP contribution in [0.5, 0.6) is 0 Å². The van der Waals surface area contributed by atoms with Gasteiger partial charge in [0.1, 0.15) is 0 Å². The number of carbonyl (C=O) groups excluding carboxylic acids is 1. The first-order chi connectivity index (χ1) is 9.58. The molecule has 0 fully saturated rings. The van der Waals surface area contributed by atoms with Gasteiger partial charge in [-0.2, -0.15) is 0 Å². The van der Waals surface area contributed by atoms with Gasteiger partial charge in [-0.15, -0.1) is 11.3 Å². The van der Waals surface area contributed by atoms with Crippen LogP contribution in [0.2, 0.25) is 0 Å². The van der Waals surface area contributed by atoms with Crippen LogP contribution in [-0.4, -0.2) is 13.0 Å². The standard InChI is InChI=1S/C16H16BrNOS/c1-10-7-8-20-16(10)15(17)12-3-5-13-11(9-12)4-6-14(19)18(13)2/h3,5,7-9,15H,4,6H2,1-2H3. The topological polar surface area (TPSA) is 20.3 Å². The molecule has 0 bridgehead atoms. The van der Waals surface area contributed by atoms with Crippen LogP contribution in [0.1, 0.15) is 32.8 Å². The molecule has 2 heterocycles. The highest BCUT2D eigenvalue weighted by molar-refractivity contribution is 9.09. The van der Waals surface area contributed by atoms with Crippen LogP contribution in [0.4, 0.5) is 5.69 Å². The van der Waals surface area contributed by atoms with Gasteiger partial charge in [-0.05, 0) is 47.5 Å². The Balaban J connectivity index is 1.97. The third-order valence-corrected chi connectivity index (χ3v) is 6.25. The number of carbonyl (C=O) groups is 1. The van der Waals surface area contributed by atoms with Crippen molar-refractivity contribution >= 4 is 38.9 Å². The fourth-order valence-corrected chi connectivity index (χ4v) is 4.53. The lowest BCUT2D eigenvalue weighted by atomic mass is 9.97. The summed E-state index contributed by atoms with van der Waals surface area (Å²) in [6, 6.07) is 8.57. The van der Waals surface area contributed by atoms with Crippen molar-refractivity contribution < 1.29 is 4.79 Å². The molecule has 0 radical (unpaired) electrons. The Bertz CT molecular complexity index is 664. The maximum atomic E-state index is 11.7. The number of alkyl halides is 1. The summed E-state index contributed by atoms with van der Waals surface area (Å²) in [5.41, 5.74) is 4.90. The first kappa shape index (κ1) is 13.8. The molecule has 1 amide bonds. The molecule has 104 valence electrons. The molecular weight excluding hydrogens is 334 g/mol. The second kappa shape index (κ2) is 5.34. The number of fused-ring (bicyclic) bond motifs is 1. The molecule has 2 nitrogen and oxygen atoms in total. The molecule has 2 aromatic rings. The molecule has 1 aliphatic rings. The summed E-state index contributed by atoms with van der Waals surface area (Å²) in [4.78, 5) is 15.1. The maximum absolute atomic E-state index is 11.7. The fourth-order valence-electron chi connectivity index (χ4n) is 2.63. The number of aryl methyl sites for hydroxylation is 2. The average molecular weight is 350 g/mol. The van der Waals surface area contributed by atoms with Gasteiger partial charge in [-0.3, -0.25) is 4.79 Å². The van der Waals surface area contributed by atoms with Crippen LogP contribution in [0.15, 0.2) is 29.6 Å². The summed E-state index contributed by atoms with van der Waals surface area (Å²) in [6.45, 7) is 2.14. The van der Waals surface area contributed by atoms with Crippen LogP contribution >= 0.6 is 27.3 Å². The largest absolute Gasteiger partial charge is 0.315 e. The SMILES string of the molecule is Cc1ccsc1C(Br)c1ccc2c(c1)CCC(=O)N2C. The number of amides is 1. The molecule has 0 saturated heterocycles. The summed E-state index contributed by atoms with van der Waals surface area (Å²) in [5, 5.41) is 2.13. The van der Waals surface area contributed by atoms with Gasteiger partial charge in [-0.1, -0.05) is 28.1 Å². The summed E-state index contributed by atoms with van der Waals surface area (Å²) >= 11 is 5.59. The number of halogens is 1. The van der Waals surface area contributed by atoms with E-state index in [1.54, 1.807) is 16.2 Å². The minimum absolute atomic E-state index is 0.203. The number of benzene rings is 1. The third-order valence-electron chi connectivity index (χ3n) is 3.87. The van der Waals surface area contributed by atoms with E-state index in [2.05, 4.69) is 52.5 Å². The molecule has 0 aliphatic carbocycles. The van der Waals surface area contributed by atoms with Crippen LogP contribution in [0.25, 0.3) is 0 Å². The van der Waals surface area contributed by atoms with Gasteiger partial charge < -0.3 is 4.90 Å². The number of thiophene rings is 1. The summed E-state index contributed by atoms with van der Waals surface area (Å²) < 4.78 is 0. The van der Waals surface area contributed by atoms with Gasteiger partial charge in [0, 0.05) is 24.0 Å². The van der Waals surface area contributed by atoms with Gasteiger partial charge in [-0.25, -0.2) is 0 Å². The number of hydrogen-bond donors (Lipinski definition) is 0. The van der Waals surface area contributed by atoms with Crippen LogP contribution in [0, 0.1) is 6.92 Å². The second-order valence-electron chi connectivity index (χ2n) is 5.17. The van der Waals surface area contributed by atoms with E-state index in [0.29, 0.717) is 6.42 Å². The Kier molecular flexibility index (Phi) is 3.69. The molecule has 3 rings (SSSR count). The minimum Gasteiger partial charge on any atom is -0.315 e.